The van der Waals surface area contributed by atoms with Crippen LogP contribution in [0.1, 0.15) is 27.8 Å². The van der Waals surface area contributed by atoms with E-state index in [4.69, 9.17) is 14.2 Å². The number of carbonyl (C=O) groups is 2. The molecular formula is C24H27N3O5. The first-order chi connectivity index (χ1) is 15.5. The second-order valence-corrected chi connectivity index (χ2v) is 7.55. The third-order valence-corrected chi connectivity index (χ3v) is 5.59. The van der Waals surface area contributed by atoms with E-state index < -0.39 is 0 Å². The molecule has 0 bridgehead atoms. The summed E-state index contributed by atoms with van der Waals surface area (Å²) < 4.78 is 16.1. The Labute approximate surface area is 186 Å². The lowest BCUT2D eigenvalue weighted by Gasteiger charge is -2.34. The molecule has 168 valence electrons. The van der Waals surface area contributed by atoms with Crippen LogP contribution in [-0.4, -0.2) is 73.6 Å². The molecule has 1 saturated heterocycles. The lowest BCUT2D eigenvalue weighted by Crippen LogP contribution is -2.50. The van der Waals surface area contributed by atoms with Crippen molar-refractivity contribution in [1.29, 1.82) is 0 Å². The summed E-state index contributed by atoms with van der Waals surface area (Å²) in [6.07, 6.45) is 0. The third kappa shape index (κ3) is 4.34. The van der Waals surface area contributed by atoms with Crippen LogP contribution < -0.4 is 14.2 Å². The predicted molar refractivity (Wildman–Crippen MR) is 121 cm³/mol. The molecule has 0 radical (unpaired) electrons. The van der Waals surface area contributed by atoms with Gasteiger partial charge in [-0.05, 0) is 37.3 Å². The lowest BCUT2D eigenvalue weighted by molar-refractivity contribution is 0.0532. The number of benzene rings is 2. The van der Waals surface area contributed by atoms with Crippen LogP contribution in [0.4, 0.5) is 0 Å². The SMILES string of the molecule is CCOc1ccc2cc(C(=O)N3CCN(C(=O)c4cc(OC)cc(OC)c4)CC3)[nH]c2c1. The molecule has 8 heteroatoms. The Balaban J connectivity index is 1.42. The summed E-state index contributed by atoms with van der Waals surface area (Å²) in [6, 6.07) is 12.7. The van der Waals surface area contributed by atoms with Crippen LogP contribution in [0.3, 0.4) is 0 Å². The second kappa shape index (κ2) is 9.21. The zero-order chi connectivity index (χ0) is 22.7. The van der Waals surface area contributed by atoms with Crippen LogP contribution in [0.5, 0.6) is 17.2 Å². The van der Waals surface area contributed by atoms with Crippen LogP contribution in [0.15, 0.2) is 42.5 Å². The molecule has 2 aromatic carbocycles. The normalized spacial score (nSPS) is 13.8. The molecule has 1 aromatic heterocycles. The number of nitrogens with zero attached hydrogens (tertiary/aromatic N) is 2. The number of aromatic nitrogens is 1. The number of methoxy groups -OCH3 is 2. The smallest absolute Gasteiger partial charge is 0.270 e. The highest BCUT2D eigenvalue weighted by atomic mass is 16.5. The molecule has 1 N–H and O–H groups in total. The summed E-state index contributed by atoms with van der Waals surface area (Å²) in [7, 11) is 3.10. The molecule has 1 aliphatic rings. The fraction of sp³-hybridized carbons (Fsp3) is 0.333. The number of fused-ring (bicyclic) bond motifs is 1. The van der Waals surface area contributed by atoms with Crippen molar-refractivity contribution in [2.45, 2.75) is 6.92 Å². The van der Waals surface area contributed by atoms with Gasteiger partial charge in [-0.3, -0.25) is 9.59 Å². The molecule has 8 nitrogen and oxygen atoms in total. The van der Waals surface area contributed by atoms with E-state index in [-0.39, 0.29) is 11.8 Å². The van der Waals surface area contributed by atoms with Gasteiger partial charge in [0.1, 0.15) is 22.9 Å². The largest absolute Gasteiger partial charge is 0.497 e. The number of aromatic amines is 1. The number of H-pyrrole nitrogens is 1. The van der Waals surface area contributed by atoms with Gasteiger partial charge in [0, 0.05) is 54.8 Å². The minimum atomic E-state index is -0.108. The molecule has 0 saturated carbocycles. The summed E-state index contributed by atoms with van der Waals surface area (Å²) in [5.74, 6) is 1.71. The first-order valence-corrected chi connectivity index (χ1v) is 10.6. The molecule has 0 unspecified atom stereocenters. The Morgan fingerprint density at radius 3 is 2.06 bits per heavy atom. The highest BCUT2D eigenvalue weighted by Gasteiger charge is 2.27. The van der Waals surface area contributed by atoms with Crippen molar-refractivity contribution in [3.63, 3.8) is 0 Å². The fourth-order valence-corrected chi connectivity index (χ4v) is 3.87. The monoisotopic (exact) mass is 437 g/mol. The molecule has 3 aromatic rings. The second-order valence-electron chi connectivity index (χ2n) is 7.55. The molecule has 0 spiro atoms. The first-order valence-electron chi connectivity index (χ1n) is 10.6. The number of ether oxygens (including phenoxy) is 3. The molecule has 0 aliphatic carbocycles. The van der Waals surface area contributed by atoms with Gasteiger partial charge in [0.05, 0.1) is 20.8 Å². The van der Waals surface area contributed by atoms with Gasteiger partial charge in [0.15, 0.2) is 0 Å². The van der Waals surface area contributed by atoms with Crippen molar-refractivity contribution in [3.8, 4) is 17.2 Å². The van der Waals surface area contributed by atoms with Gasteiger partial charge in [0.2, 0.25) is 0 Å². The lowest BCUT2D eigenvalue weighted by atomic mass is 10.1. The van der Waals surface area contributed by atoms with E-state index in [1.807, 2.05) is 31.2 Å². The van der Waals surface area contributed by atoms with E-state index in [0.717, 1.165) is 16.7 Å². The average Bonchev–Trinajstić information content (AvgIpc) is 3.26. The topological polar surface area (TPSA) is 84.1 Å². The Hall–Kier alpha value is -3.68. The Kier molecular flexibility index (Phi) is 6.20. The van der Waals surface area contributed by atoms with E-state index in [9.17, 15) is 9.59 Å². The van der Waals surface area contributed by atoms with E-state index in [0.29, 0.717) is 55.5 Å². The van der Waals surface area contributed by atoms with E-state index >= 15 is 0 Å². The Morgan fingerprint density at radius 1 is 0.844 bits per heavy atom. The summed E-state index contributed by atoms with van der Waals surface area (Å²) in [6.45, 7) is 4.36. The summed E-state index contributed by atoms with van der Waals surface area (Å²) in [5, 5.41) is 0.956. The minimum absolute atomic E-state index is 0.0747. The minimum Gasteiger partial charge on any atom is -0.497 e. The standard InChI is InChI=1S/C24H27N3O5/c1-4-32-18-6-5-16-13-22(25-21(16)15-18)24(29)27-9-7-26(8-10-27)23(28)17-11-19(30-2)14-20(12-17)31-3/h5-6,11-15,25H,4,7-10H2,1-3H3. The number of amides is 2. The highest BCUT2D eigenvalue weighted by molar-refractivity contribution is 5.99. The van der Waals surface area contributed by atoms with E-state index in [2.05, 4.69) is 4.98 Å². The van der Waals surface area contributed by atoms with Crippen molar-refractivity contribution in [3.05, 3.63) is 53.7 Å². The number of hydrogen-bond donors (Lipinski definition) is 1. The maximum absolute atomic E-state index is 13.0. The van der Waals surface area contributed by atoms with Gasteiger partial charge < -0.3 is 29.0 Å². The highest BCUT2D eigenvalue weighted by Crippen LogP contribution is 2.25. The summed E-state index contributed by atoms with van der Waals surface area (Å²) in [4.78, 5) is 32.7. The third-order valence-electron chi connectivity index (χ3n) is 5.59. The number of carbonyl (C=O) groups excluding carboxylic acids is 2. The van der Waals surface area contributed by atoms with E-state index in [1.54, 1.807) is 42.2 Å². The van der Waals surface area contributed by atoms with Gasteiger partial charge in [-0.25, -0.2) is 0 Å². The van der Waals surface area contributed by atoms with Crippen LogP contribution >= 0.6 is 0 Å². The zero-order valence-electron chi connectivity index (χ0n) is 18.5. The molecule has 2 heterocycles. The average molecular weight is 437 g/mol. The first kappa shape index (κ1) is 21.5. The van der Waals surface area contributed by atoms with Crippen molar-refractivity contribution >= 4 is 22.7 Å². The fourth-order valence-electron chi connectivity index (χ4n) is 3.87. The van der Waals surface area contributed by atoms with Crippen LogP contribution in [0, 0.1) is 0 Å². The molecular weight excluding hydrogens is 410 g/mol. The molecule has 1 aliphatic heterocycles. The van der Waals surface area contributed by atoms with Gasteiger partial charge >= 0.3 is 0 Å². The Morgan fingerprint density at radius 2 is 1.47 bits per heavy atom. The maximum Gasteiger partial charge on any atom is 0.270 e. The van der Waals surface area contributed by atoms with Crippen molar-refractivity contribution in [2.75, 3.05) is 47.0 Å². The van der Waals surface area contributed by atoms with Gasteiger partial charge in [-0.1, -0.05) is 0 Å². The Bertz CT molecular complexity index is 1110. The molecule has 4 rings (SSSR count). The van der Waals surface area contributed by atoms with Crippen molar-refractivity contribution in [2.24, 2.45) is 0 Å². The summed E-state index contributed by atoms with van der Waals surface area (Å²) in [5.41, 5.74) is 1.90. The number of nitrogens with one attached hydrogen (secondary N) is 1. The molecule has 0 atom stereocenters. The van der Waals surface area contributed by atoms with Crippen molar-refractivity contribution in [1.82, 2.24) is 14.8 Å². The number of hydrogen-bond acceptors (Lipinski definition) is 5. The molecule has 2 amide bonds. The van der Waals surface area contributed by atoms with Crippen LogP contribution in [0.25, 0.3) is 10.9 Å². The molecule has 1 fully saturated rings. The van der Waals surface area contributed by atoms with Gasteiger partial charge in [-0.15, -0.1) is 0 Å². The van der Waals surface area contributed by atoms with Gasteiger partial charge in [-0.2, -0.15) is 0 Å². The number of piperazine rings is 1. The summed E-state index contributed by atoms with van der Waals surface area (Å²) >= 11 is 0. The van der Waals surface area contributed by atoms with Crippen LogP contribution in [-0.2, 0) is 0 Å². The zero-order valence-corrected chi connectivity index (χ0v) is 18.5. The van der Waals surface area contributed by atoms with Crippen LogP contribution in [0.2, 0.25) is 0 Å². The van der Waals surface area contributed by atoms with Gasteiger partial charge in [0.25, 0.3) is 11.8 Å². The number of rotatable bonds is 6. The maximum atomic E-state index is 13.0. The quantitative estimate of drug-likeness (QED) is 0.640. The van der Waals surface area contributed by atoms with Crippen molar-refractivity contribution < 1.29 is 23.8 Å². The molecule has 32 heavy (non-hydrogen) atoms. The predicted octanol–water partition coefficient (Wildman–Crippen LogP) is 3.18. The van der Waals surface area contributed by atoms with E-state index in [1.165, 1.54) is 0 Å².